The molecule has 0 radical (unpaired) electrons. The van der Waals surface area contributed by atoms with E-state index in [1.54, 1.807) is 4.90 Å². The fraction of sp³-hybridized carbons (Fsp3) is 0.400. The molecule has 0 bridgehead atoms. The van der Waals surface area contributed by atoms with E-state index in [4.69, 9.17) is 4.74 Å². The highest BCUT2D eigenvalue weighted by molar-refractivity contribution is 5.79. The summed E-state index contributed by atoms with van der Waals surface area (Å²) in [5.74, 6) is 0.875. The molecule has 1 heterocycles. The molecule has 20 heavy (non-hydrogen) atoms. The normalized spacial score (nSPS) is 13.8. The van der Waals surface area contributed by atoms with E-state index in [2.05, 4.69) is 16.3 Å². The van der Waals surface area contributed by atoms with E-state index < -0.39 is 0 Å². The highest BCUT2D eigenvalue weighted by atomic mass is 16.5. The standard InChI is InChI=1S/C15H21N3O2/c1-3-17(12-19)13-5-6-15-14(11-13)18(9-10-20-15)8-4-7-16-2/h4-7,11-12,16H,3,8-10H2,1-2H3/b7-4+. The smallest absolute Gasteiger partial charge is 0.214 e. The molecule has 1 aromatic carbocycles. The highest BCUT2D eigenvalue weighted by Crippen LogP contribution is 2.34. The third kappa shape index (κ3) is 3.04. The van der Waals surface area contributed by atoms with Crippen LogP contribution in [0.1, 0.15) is 6.92 Å². The van der Waals surface area contributed by atoms with Crippen LogP contribution in [-0.2, 0) is 4.79 Å². The van der Waals surface area contributed by atoms with Crippen LogP contribution in [0.3, 0.4) is 0 Å². The number of fused-ring (bicyclic) bond motifs is 1. The SMILES string of the molecule is CCN(C=O)c1ccc2c(c1)N(C/C=C/NC)CCO2. The largest absolute Gasteiger partial charge is 0.490 e. The topological polar surface area (TPSA) is 44.8 Å². The van der Waals surface area contributed by atoms with Crippen molar-refractivity contribution in [1.82, 2.24) is 5.32 Å². The molecule has 0 spiro atoms. The second-order valence-electron chi connectivity index (χ2n) is 4.53. The molecule has 0 aliphatic carbocycles. The number of carbonyl (C=O) groups excluding carboxylic acids is 1. The summed E-state index contributed by atoms with van der Waals surface area (Å²) in [4.78, 5) is 15.0. The lowest BCUT2D eigenvalue weighted by atomic mass is 10.2. The zero-order chi connectivity index (χ0) is 14.4. The summed E-state index contributed by atoms with van der Waals surface area (Å²) < 4.78 is 5.67. The Morgan fingerprint density at radius 2 is 2.35 bits per heavy atom. The molecule has 0 aromatic heterocycles. The average Bonchev–Trinajstić information content (AvgIpc) is 2.49. The first-order valence-corrected chi connectivity index (χ1v) is 6.86. The van der Waals surface area contributed by atoms with Gasteiger partial charge in [-0.05, 0) is 37.4 Å². The number of anilines is 2. The Hall–Kier alpha value is -2.17. The van der Waals surface area contributed by atoms with Gasteiger partial charge in [0.15, 0.2) is 0 Å². The minimum atomic E-state index is 0.656. The highest BCUT2D eigenvalue weighted by Gasteiger charge is 2.18. The molecule has 0 atom stereocenters. The van der Waals surface area contributed by atoms with Crippen LogP contribution in [0.15, 0.2) is 30.5 Å². The van der Waals surface area contributed by atoms with Crippen LogP contribution in [0.2, 0.25) is 0 Å². The average molecular weight is 275 g/mol. The monoisotopic (exact) mass is 275 g/mol. The van der Waals surface area contributed by atoms with Crippen LogP contribution in [0, 0.1) is 0 Å². The fourth-order valence-corrected chi connectivity index (χ4v) is 2.25. The molecule has 0 saturated heterocycles. The Labute approximate surface area is 119 Å². The Morgan fingerprint density at radius 3 is 3.05 bits per heavy atom. The van der Waals surface area contributed by atoms with Gasteiger partial charge in [-0.15, -0.1) is 0 Å². The lowest BCUT2D eigenvalue weighted by Gasteiger charge is -2.31. The second-order valence-corrected chi connectivity index (χ2v) is 4.53. The molecule has 1 N–H and O–H groups in total. The van der Waals surface area contributed by atoms with E-state index in [1.807, 2.05) is 38.4 Å². The molecule has 1 aromatic rings. The van der Waals surface area contributed by atoms with Crippen LogP contribution in [0.4, 0.5) is 11.4 Å². The van der Waals surface area contributed by atoms with Crippen molar-refractivity contribution in [3.05, 3.63) is 30.5 Å². The van der Waals surface area contributed by atoms with Crippen LogP contribution in [-0.4, -0.2) is 39.7 Å². The molecule has 5 nitrogen and oxygen atoms in total. The molecule has 1 aliphatic rings. The Kier molecular flexibility index (Phi) is 4.87. The molecule has 5 heteroatoms. The predicted octanol–water partition coefficient (Wildman–Crippen LogP) is 1.60. The number of amides is 1. The lowest BCUT2D eigenvalue weighted by Crippen LogP contribution is -2.33. The predicted molar refractivity (Wildman–Crippen MR) is 81.4 cm³/mol. The molecule has 108 valence electrons. The van der Waals surface area contributed by atoms with Crippen molar-refractivity contribution in [1.29, 1.82) is 0 Å². The van der Waals surface area contributed by atoms with Crippen molar-refractivity contribution in [2.24, 2.45) is 0 Å². The molecule has 0 unspecified atom stereocenters. The van der Waals surface area contributed by atoms with Crippen molar-refractivity contribution in [2.45, 2.75) is 6.92 Å². The van der Waals surface area contributed by atoms with Crippen molar-refractivity contribution >= 4 is 17.8 Å². The molecule has 1 amide bonds. The maximum atomic E-state index is 11.1. The van der Waals surface area contributed by atoms with Crippen molar-refractivity contribution < 1.29 is 9.53 Å². The number of rotatable bonds is 6. The summed E-state index contributed by atoms with van der Waals surface area (Å²) in [6.07, 6.45) is 4.85. The van der Waals surface area contributed by atoms with E-state index in [-0.39, 0.29) is 0 Å². The van der Waals surface area contributed by atoms with Crippen molar-refractivity contribution in [3.63, 3.8) is 0 Å². The van der Waals surface area contributed by atoms with E-state index in [0.717, 1.165) is 36.6 Å². The van der Waals surface area contributed by atoms with Gasteiger partial charge >= 0.3 is 0 Å². The van der Waals surface area contributed by atoms with E-state index in [9.17, 15) is 4.79 Å². The summed E-state index contributed by atoms with van der Waals surface area (Å²) in [6, 6.07) is 5.87. The minimum absolute atomic E-state index is 0.656. The van der Waals surface area contributed by atoms with Gasteiger partial charge in [-0.1, -0.05) is 0 Å². The quantitative estimate of drug-likeness (QED) is 0.801. The number of carbonyl (C=O) groups is 1. The zero-order valence-electron chi connectivity index (χ0n) is 12.0. The number of benzene rings is 1. The first-order valence-electron chi connectivity index (χ1n) is 6.86. The molecular formula is C15H21N3O2. The number of ether oxygens (including phenoxy) is 1. The molecule has 1 aliphatic heterocycles. The third-order valence-corrected chi connectivity index (χ3v) is 3.31. The van der Waals surface area contributed by atoms with Crippen LogP contribution >= 0.6 is 0 Å². The maximum absolute atomic E-state index is 11.1. The van der Waals surface area contributed by atoms with Crippen LogP contribution in [0.5, 0.6) is 5.75 Å². The van der Waals surface area contributed by atoms with Crippen LogP contribution < -0.4 is 19.9 Å². The van der Waals surface area contributed by atoms with Crippen molar-refractivity contribution in [3.8, 4) is 5.75 Å². The number of nitrogens with one attached hydrogen (secondary N) is 1. The van der Waals surface area contributed by atoms with Gasteiger partial charge < -0.3 is 19.9 Å². The zero-order valence-corrected chi connectivity index (χ0v) is 12.0. The lowest BCUT2D eigenvalue weighted by molar-refractivity contribution is -0.107. The third-order valence-electron chi connectivity index (χ3n) is 3.31. The maximum Gasteiger partial charge on any atom is 0.214 e. The minimum Gasteiger partial charge on any atom is -0.490 e. The second kappa shape index (κ2) is 6.84. The number of hydrogen-bond donors (Lipinski definition) is 1. The molecule has 0 saturated carbocycles. The van der Waals surface area contributed by atoms with Gasteiger partial charge in [-0.2, -0.15) is 0 Å². The van der Waals surface area contributed by atoms with Gasteiger partial charge in [0.1, 0.15) is 12.4 Å². The van der Waals surface area contributed by atoms with E-state index in [1.165, 1.54) is 0 Å². The van der Waals surface area contributed by atoms with Crippen molar-refractivity contribution in [2.75, 3.05) is 43.1 Å². The number of nitrogens with zero attached hydrogens (tertiary/aromatic N) is 2. The summed E-state index contributed by atoms with van der Waals surface area (Å²) >= 11 is 0. The molecule has 0 fully saturated rings. The Bertz CT molecular complexity index is 488. The van der Waals surface area contributed by atoms with E-state index >= 15 is 0 Å². The summed E-state index contributed by atoms with van der Waals surface area (Å²) in [7, 11) is 1.88. The van der Waals surface area contributed by atoms with E-state index in [0.29, 0.717) is 13.2 Å². The van der Waals surface area contributed by atoms with Gasteiger partial charge in [0.2, 0.25) is 6.41 Å². The van der Waals surface area contributed by atoms with Gasteiger partial charge in [0.05, 0.1) is 12.2 Å². The number of hydrogen-bond acceptors (Lipinski definition) is 4. The first kappa shape index (κ1) is 14.2. The Balaban J connectivity index is 2.25. The summed E-state index contributed by atoms with van der Waals surface area (Å²) in [5, 5.41) is 2.99. The fourth-order valence-electron chi connectivity index (χ4n) is 2.25. The summed E-state index contributed by atoms with van der Waals surface area (Å²) in [6.45, 7) is 4.96. The Morgan fingerprint density at radius 1 is 1.50 bits per heavy atom. The molecular weight excluding hydrogens is 254 g/mol. The van der Waals surface area contributed by atoms with Crippen LogP contribution in [0.25, 0.3) is 0 Å². The van der Waals surface area contributed by atoms with Gasteiger partial charge in [0, 0.05) is 25.8 Å². The van der Waals surface area contributed by atoms with Gasteiger partial charge in [-0.25, -0.2) is 0 Å². The first-order chi connectivity index (χ1) is 9.80. The van der Waals surface area contributed by atoms with Gasteiger partial charge in [0.25, 0.3) is 0 Å². The summed E-state index contributed by atoms with van der Waals surface area (Å²) in [5.41, 5.74) is 1.93. The molecule has 2 rings (SSSR count). The van der Waals surface area contributed by atoms with Gasteiger partial charge in [-0.3, -0.25) is 4.79 Å².